The standard InChI is InChI=1S/C12H12O6/c13-10(14)12(11(15)16)6-17-9(18-7-12)8-4-2-1-3-5-8/h1-5,9H,6-7H2,(H,13,14)(H,15,16). The second kappa shape index (κ2) is 4.75. The summed E-state index contributed by atoms with van der Waals surface area (Å²) >= 11 is 0. The lowest BCUT2D eigenvalue weighted by atomic mass is 9.89. The van der Waals surface area contributed by atoms with Crippen LogP contribution in [0.3, 0.4) is 0 Å². The van der Waals surface area contributed by atoms with Crippen LogP contribution in [0.15, 0.2) is 30.3 Å². The summed E-state index contributed by atoms with van der Waals surface area (Å²) in [6.45, 7) is -0.839. The fraction of sp³-hybridized carbons (Fsp3) is 0.333. The third kappa shape index (κ3) is 2.07. The molecule has 0 unspecified atom stereocenters. The Hall–Kier alpha value is -1.92. The highest BCUT2D eigenvalue weighted by molar-refractivity contribution is 5.98. The van der Waals surface area contributed by atoms with Crippen LogP contribution in [0.5, 0.6) is 0 Å². The Morgan fingerprint density at radius 2 is 1.56 bits per heavy atom. The molecule has 1 aromatic rings. The summed E-state index contributed by atoms with van der Waals surface area (Å²) in [7, 11) is 0. The van der Waals surface area contributed by atoms with Crippen LogP contribution in [0.1, 0.15) is 11.9 Å². The lowest BCUT2D eigenvalue weighted by Crippen LogP contribution is -2.50. The summed E-state index contributed by atoms with van der Waals surface area (Å²) in [6, 6.07) is 8.93. The minimum atomic E-state index is -2.02. The van der Waals surface area contributed by atoms with Crippen molar-refractivity contribution < 1.29 is 29.3 Å². The number of carboxylic acid groups (broad SMARTS) is 2. The molecule has 96 valence electrons. The van der Waals surface area contributed by atoms with Gasteiger partial charge in [0.15, 0.2) is 6.29 Å². The van der Waals surface area contributed by atoms with Gasteiger partial charge in [-0.25, -0.2) is 0 Å². The van der Waals surface area contributed by atoms with Gasteiger partial charge in [0.05, 0.1) is 13.2 Å². The van der Waals surface area contributed by atoms with E-state index in [2.05, 4.69) is 0 Å². The van der Waals surface area contributed by atoms with Gasteiger partial charge in [0.2, 0.25) is 5.41 Å². The van der Waals surface area contributed by atoms with Crippen LogP contribution >= 0.6 is 0 Å². The monoisotopic (exact) mass is 252 g/mol. The molecule has 2 N–H and O–H groups in total. The Morgan fingerprint density at radius 3 is 2.00 bits per heavy atom. The van der Waals surface area contributed by atoms with Crippen molar-refractivity contribution in [3.63, 3.8) is 0 Å². The number of carbonyl (C=O) groups is 2. The minimum Gasteiger partial charge on any atom is -0.480 e. The zero-order chi connectivity index (χ0) is 13.2. The topological polar surface area (TPSA) is 93.1 Å². The molecule has 0 bridgehead atoms. The Kier molecular flexibility index (Phi) is 3.31. The number of ether oxygens (including phenoxy) is 2. The molecule has 18 heavy (non-hydrogen) atoms. The van der Waals surface area contributed by atoms with E-state index < -0.39 is 36.9 Å². The van der Waals surface area contributed by atoms with Gasteiger partial charge in [-0.3, -0.25) is 9.59 Å². The fourth-order valence-electron chi connectivity index (χ4n) is 1.67. The van der Waals surface area contributed by atoms with Crippen LogP contribution in [0, 0.1) is 5.41 Å². The maximum atomic E-state index is 11.0. The molecule has 0 amide bonds. The molecule has 0 aromatic heterocycles. The van der Waals surface area contributed by atoms with Crippen molar-refractivity contribution in [3.8, 4) is 0 Å². The minimum absolute atomic E-state index is 0.419. The van der Waals surface area contributed by atoms with Crippen LogP contribution in [0.4, 0.5) is 0 Å². The Balaban J connectivity index is 2.12. The molecule has 1 heterocycles. The first-order valence-corrected chi connectivity index (χ1v) is 5.31. The average molecular weight is 252 g/mol. The summed E-state index contributed by atoms with van der Waals surface area (Å²) in [5.41, 5.74) is -1.30. The molecule has 1 fully saturated rings. The Morgan fingerprint density at radius 1 is 1.06 bits per heavy atom. The maximum absolute atomic E-state index is 11.0. The zero-order valence-corrected chi connectivity index (χ0v) is 9.41. The number of benzene rings is 1. The van der Waals surface area contributed by atoms with Crippen molar-refractivity contribution >= 4 is 11.9 Å². The molecule has 6 nitrogen and oxygen atoms in total. The molecule has 1 aromatic carbocycles. The van der Waals surface area contributed by atoms with E-state index in [0.717, 1.165) is 5.56 Å². The molecule has 1 saturated heterocycles. The molecule has 0 saturated carbocycles. The van der Waals surface area contributed by atoms with Gasteiger partial charge in [0.25, 0.3) is 0 Å². The number of carboxylic acids is 2. The molecule has 1 aliphatic heterocycles. The first kappa shape index (κ1) is 12.5. The maximum Gasteiger partial charge on any atom is 0.325 e. The second-order valence-electron chi connectivity index (χ2n) is 4.06. The molecular formula is C12H12O6. The van der Waals surface area contributed by atoms with Gasteiger partial charge in [-0.2, -0.15) is 0 Å². The molecule has 6 heteroatoms. The molecule has 0 radical (unpaired) electrons. The van der Waals surface area contributed by atoms with E-state index in [1.54, 1.807) is 24.3 Å². The lowest BCUT2D eigenvalue weighted by molar-refractivity contribution is -0.240. The van der Waals surface area contributed by atoms with Gasteiger partial charge in [0, 0.05) is 5.56 Å². The van der Waals surface area contributed by atoms with Gasteiger partial charge >= 0.3 is 11.9 Å². The quantitative estimate of drug-likeness (QED) is 0.776. The van der Waals surface area contributed by atoms with Crippen LogP contribution in [0.25, 0.3) is 0 Å². The van der Waals surface area contributed by atoms with E-state index in [4.69, 9.17) is 19.7 Å². The van der Waals surface area contributed by atoms with Gasteiger partial charge < -0.3 is 19.7 Å². The summed E-state index contributed by atoms with van der Waals surface area (Å²) < 4.78 is 10.4. The Bertz CT molecular complexity index is 431. The van der Waals surface area contributed by atoms with Gasteiger partial charge in [0.1, 0.15) is 0 Å². The molecule has 0 spiro atoms. The highest BCUT2D eigenvalue weighted by atomic mass is 16.7. The van der Waals surface area contributed by atoms with E-state index in [-0.39, 0.29) is 0 Å². The third-order valence-corrected chi connectivity index (χ3v) is 2.85. The number of hydrogen-bond donors (Lipinski definition) is 2. The summed E-state index contributed by atoms with van der Waals surface area (Å²) in [5, 5.41) is 18.0. The van der Waals surface area contributed by atoms with Crippen LogP contribution in [0.2, 0.25) is 0 Å². The van der Waals surface area contributed by atoms with Crippen molar-refractivity contribution in [1.29, 1.82) is 0 Å². The van der Waals surface area contributed by atoms with E-state index in [9.17, 15) is 9.59 Å². The fourth-order valence-corrected chi connectivity index (χ4v) is 1.67. The predicted octanol–water partition coefficient (Wildman–Crippen LogP) is 0.888. The first-order chi connectivity index (χ1) is 8.56. The van der Waals surface area contributed by atoms with E-state index in [1.165, 1.54) is 0 Å². The smallest absolute Gasteiger partial charge is 0.325 e. The summed E-state index contributed by atoms with van der Waals surface area (Å²) in [4.78, 5) is 22.0. The van der Waals surface area contributed by atoms with Crippen LogP contribution < -0.4 is 0 Å². The number of aliphatic carboxylic acids is 2. The van der Waals surface area contributed by atoms with E-state index in [0.29, 0.717) is 0 Å². The van der Waals surface area contributed by atoms with Crippen LogP contribution in [-0.4, -0.2) is 35.4 Å². The number of hydrogen-bond acceptors (Lipinski definition) is 4. The van der Waals surface area contributed by atoms with E-state index >= 15 is 0 Å². The predicted molar refractivity (Wildman–Crippen MR) is 58.8 cm³/mol. The summed E-state index contributed by atoms with van der Waals surface area (Å²) in [5.74, 6) is -2.91. The lowest BCUT2D eigenvalue weighted by Gasteiger charge is -2.33. The zero-order valence-electron chi connectivity index (χ0n) is 9.41. The van der Waals surface area contributed by atoms with Crippen molar-refractivity contribution in [2.24, 2.45) is 5.41 Å². The molecule has 0 atom stereocenters. The molecule has 2 rings (SSSR count). The Labute approximate surface area is 103 Å². The van der Waals surface area contributed by atoms with Crippen molar-refractivity contribution in [3.05, 3.63) is 35.9 Å². The molecular weight excluding hydrogens is 240 g/mol. The number of rotatable bonds is 3. The highest BCUT2D eigenvalue weighted by Crippen LogP contribution is 2.32. The van der Waals surface area contributed by atoms with Crippen molar-refractivity contribution in [2.75, 3.05) is 13.2 Å². The van der Waals surface area contributed by atoms with E-state index in [1.807, 2.05) is 6.07 Å². The second-order valence-corrected chi connectivity index (χ2v) is 4.06. The van der Waals surface area contributed by atoms with Crippen molar-refractivity contribution in [1.82, 2.24) is 0 Å². The molecule has 0 aliphatic carbocycles. The molecule has 1 aliphatic rings. The largest absolute Gasteiger partial charge is 0.480 e. The SMILES string of the molecule is O=C(O)C1(C(=O)O)COC(c2ccccc2)OC1. The average Bonchev–Trinajstić information content (AvgIpc) is 2.39. The summed E-state index contributed by atoms with van der Waals surface area (Å²) in [6.07, 6.45) is -0.724. The third-order valence-electron chi connectivity index (χ3n) is 2.85. The van der Waals surface area contributed by atoms with Crippen molar-refractivity contribution in [2.45, 2.75) is 6.29 Å². The highest BCUT2D eigenvalue weighted by Gasteiger charge is 2.51. The van der Waals surface area contributed by atoms with Crippen LogP contribution in [-0.2, 0) is 19.1 Å². The van der Waals surface area contributed by atoms with Gasteiger partial charge in [-0.15, -0.1) is 0 Å². The normalized spacial score (nSPS) is 19.3. The van der Waals surface area contributed by atoms with Gasteiger partial charge in [-0.1, -0.05) is 30.3 Å². The first-order valence-electron chi connectivity index (χ1n) is 5.31. The van der Waals surface area contributed by atoms with Gasteiger partial charge in [-0.05, 0) is 0 Å².